The number of ether oxygens (including phenoxy) is 1. The van der Waals surface area contributed by atoms with Crippen LogP contribution < -0.4 is 20.9 Å². The summed E-state index contributed by atoms with van der Waals surface area (Å²) in [6, 6.07) is 11.6. The first-order chi connectivity index (χ1) is 17.0. The van der Waals surface area contributed by atoms with Crippen LogP contribution in [-0.4, -0.2) is 52.6 Å². The lowest BCUT2D eigenvalue weighted by atomic mass is 10.0. The molecule has 0 radical (unpaired) electrons. The van der Waals surface area contributed by atoms with Crippen molar-refractivity contribution in [2.45, 2.75) is 32.0 Å². The molecule has 0 saturated carbocycles. The van der Waals surface area contributed by atoms with Crippen LogP contribution in [0.4, 0.5) is 10.2 Å². The second-order valence-corrected chi connectivity index (χ2v) is 8.80. The van der Waals surface area contributed by atoms with E-state index < -0.39 is 5.82 Å². The zero-order valence-corrected chi connectivity index (χ0v) is 21.5. The molecule has 3 aromatic rings. The lowest BCUT2D eigenvalue weighted by molar-refractivity contribution is -0.118. The van der Waals surface area contributed by atoms with Gasteiger partial charge in [-0.15, -0.1) is 24.8 Å². The van der Waals surface area contributed by atoms with Gasteiger partial charge in [0.25, 0.3) is 11.5 Å². The average molecular weight is 549 g/mol. The number of nitrogens with one attached hydrogen (secondary N) is 2. The number of aromatic nitrogens is 2. The number of halogens is 3. The third-order valence-electron chi connectivity index (χ3n) is 6.53. The zero-order chi connectivity index (χ0) is 24.4. The number of fused-ring (bicyclic) bond motifs is 2. The third kappa shape index (κ3) is 6.37. The van der Waals surface area contributed by atoms with Crippen molar-refractivity contribution in [2.75, 3.05) is 31.6 Å². The van der Waals surface area contributed by atoms with E-state index in [-0.39, 0.29) is 48.5 Å². The minimum absolute atomic E-state index is 0. The van der Waals surface area contributed by atoms with Gasteiger partial charge < -0.3 is 24.8 Å². The van der Waals surface area contributed by atoms with E-state index in [1.54, 1.807) is 10.6 Å². The summed E-state index contributed by atoms with van der Waals surface area (Å²) in [5.74, 6) is 0.402. The van der Waals surface area contributed by atoms with E-state index in [2.05, 4.69) is 20.5 Å². The van der Waals surface area contributed by atoms with Crippen LogP contribution in [0, 0.1) is 17.1 Å². The molecule has 5 rings (SSSR count). The molecule has 4 heterocycles. The summed E-state index contributed by atoms with van der Waals surface area (Å²) in [6.45, 7) is 3.43. The summed E-state index contributed by atoms with van der Waals surface area (Å²) in [4.78, 5) is 30.9. The van der Waals surface area contributed by atoms with Crippen LogP contribution in [0.1, 0.15) is 24.1 Å². The number of likely N-dealkylation sites (tertiary alicyclic amines) is 1. The minimum Gasteiger partial charge on any atom is -0.480 e. The number of pyridine rings is 2. The highest BCUT2D eigenvalue weighted by molar-refractivity contribution is 5.94. The van der Waals surface area contributed by atoms with Gasteiger partial charge in [-0.1, -0.05) is 0 Å². The van der Waals surface area contributed by atoms with Gasteiger partial charge in [0.15, 0.2) is 18.2 Å². The Balaban J connectivity index is 0.00000190. The molecule has 1 fully saturated rings. The van der Waals surface area contributed by atoms with Crippen LogP contribution in [0.25, 0.3) is 10.9 Å². The number of nitrogens with zero attached hydrogens (tertiary/aromatic N) is 4. The van der Waals surface area contributed by atoms with Crippen LogP contribution in [-0.2, 0) is 17.9 Å². The molecular weight excluding hydrogens is 522 g/mol. The number of rotatable bonds is 6. The Morgan fingerprint density at radius 1 is 1.14 bits per heavy atom. The summed E-state index contributed by atoms with van der Waals surface area (Å²) in [6.07, 6.45) is 1.89. The van der Waals surface area contributed by atoms with Crippen LogP contribution in [0.2, 0.25) is 0 Å². The Bertz CT molecular complexity index is 1390. The lowest BCUT2D eigenvalue weighted by Gasteiger charge is -2.32. The van der Waals surface area contributed by atoms with Crippen LogP contribution in [0.5, 0.6) is 5.75 Å². The molecule has 1 aromatic carbocycles. The van der Waals surface area contributed by atoms with Gasteiger partial charge >= 0.3 is 0 Å². The van der Waals surface area contributed by atoms with Gasteiger partial charge in [0.2, 0.25) is 0 Å². The highest BCUT2D eigenvalue weighted by Crippen LogP contribution is 2.25. The standard InChI is InChI=1S/C25H25FN6O3.2ClH/c26-17-1-3-20-16(13-27)11-24(34)32(21(20)12-17)10-9-31-7-5-18(6-8-31)28-14-19-2-4-22-25(29-19)30-23(33)15-35-22;;/h1-4,11-12,18,28H,5-10,14-15H2,(H,29,30,33);2*1H. The largest absolute Gasteiger partial charge is 0.480 e. The van der Waals surface area contributed by atoms with Gasteiger partial charge in [0.05, 0.1) is 16.8 Å². The van der Waals surface area contributed by atoms with Gasteiger partial charge in [0.1, 0.15) is 11.9 Å². The molecule has 0 bridgehead atoms. The normalized spacial score (nSPS) is 15.5. The van der Waals surface area contributed by atoms with Crippen LogP contribution in [0.15, 0.2) is 41.2 Å². The number of hydrogen-bond acceptors (Lipinski definition) is 7. The second kappa shape index (κ2) is 12.3. The monoisotopic (exact) mass is 548 g/mol. The summed E-state index contributed by atoms with van der Waals surface area (Å²) in [5.41, 5.74) is 1.24. The van der Waals surface area contributed by atoms with E-state index in [9.17, 15) is 19.2 Å². The first kappa shape index (κ1) is 28.3. The molecule has 196 valence electrons. The quantitative estimate of drug-likeness (QED) is 0.487. The van der Waals surface area contributed by atoms with Crippen molar-refractivity contribution in [3.05, 3.63) is 63.8 Å². The number of anilines is 1. The van der Waals surface area contributed by atoms with Gasteiger partial charge in [-0.25, -0.2) is 9.37 Å². The first-order valence-electron chi connectivity index (χ1n) is 11.6. The predicted molar refractivity (Wildman–Crippen MR) is 142 cm³/mol. The molecule has 0 atom stereocenters. The first-order valence-corrected chi connectivity index (χ1v) is 11.6. The second-order valence-electron chi connectivity index (χ2n) is 8.80. The van der Waals surface area contributed by atoms with Crippen molar-refractivity contribution in [2.24, 2.45) is 0 Å². The Kier molecular flexibility index (Phi) is 9.45. The van der Waals surface area contributed by atoms with Crippen molar-refractivity contribution in [1.29, 1.82) is 5.26 Å². The third-order valence-corrected chi connectivity index (χ3v) is 6.53. The smallest absolute Gasteiger partial charge is 0.263 e. The van der Waals surface area contributed by atoms with E-state index >= 15 is 0 Å². The van der Waals surface area contributed by atoms with Gasteiger partial charge in [-0.3, -0.25) is 9.59 Å². The maximum atomic E-state index is 13.9. The molecule has 2 aliphatic rings. The highest BCUT2D eigenvalue weighted by Gasteiger charge is 2.21. The summed E-state index contributed by atoms with van der Waals surface area (Å²) in [5, 5.41) is 16.2. The molecule has 2 N–H and O–H groups in total. The molecular formula is C25H27Cl2FN6O3. The van der Waals surface area contributed by atoms with Gasteiger partial charge in [0, 0.05) is 37.1 Å². The van der Waals surface area contributed by atoms with E-state index in [4.69, 9.17) is 4.74 Å². The molecule has 0 unspecified atom stereocenters. The summed E-state index contributed by atoms with van der Waals surface area (Å²) in [7, 11) is 0. The molecule has 2 aliphatic heterocycles. The number of amides is 1. The number of carbonyl (C=O) groups is 1. The number of carbonyl (C=O) groups excluding carboxylic acids is 1. The fraction of sp³-hybridized carbons (Fsp3) is 0.360. The van der Waals surface area contributed by atoms with Crippen LogP contribution >= 0.6 is 24.8 Å². The van der Waals surface area contributed by atoms with E-state index in [0.717, 1.165) is 31.6 Å². The number of hydrogen-bond donors (Lipinski definition) is 2. The molecule has 0 spiro atoms. The fourth-order valence-electron chi connectivity index (χ4n) is 4.63. The molecule has 12 heteroatoms. The maximum Gasteiger partial charge on any atom is 0.263 e. The van der Waals surface area contributed by atoms with Crippen molar-refractivity contribution >= 4 is 47.4 Å². The average Bonchev–Trinajstić information content (AvgIpc) is 2.86. The lowest BCUT2D eigenvalue weighted by Crippen LogP contribution is -2.43. The summed E-state index contributed by atoms with van der Waals surface area (Å²) < 4.78 is 20.8. The van der Waals surface area contributed by atoms with E-state index in [1.165, 1.54) is 18.2 Å². The van der Waals surface area contributed by atoms with Crippen molar-refractivity contribution in [3.63, 3.8) is 0 Å². The fourth-order valence-corrected chi connectivity index (χ4v) is 4.63. The molecule has 37 heavy (non-hydrogen) atoms. The van der Waals surface area contributed by atoms with E-state index in [0.29, 0.717) is 48.1 Å². The van der Waals surface area contributed by atoms with Crippen molar-refractivity contribution in [1.82, 2.24) is 19.8 Å². The predicted octanol–water partition coefficient (Wildman–Crippen LogP) is 2.84. The molecule has 0 aliphatic carbocycles. The molecule has 9 nitrogen and oxygen atoms in total. The van der Waals surface area contributed by atoms with Gasteiger partial charge in [-0.05, 0) is 56.3 Å². The minimum atomic E-state index is -0.434. The Hall–Kier alpha value is -3.23. The zero-order valence-electron chi connectivity index (χ0n) is 19.9. The SMILES string of the molecule is Cl.Cl.N#Cc1cc(=O)n(CCN2CCC(NCc3ccc4c(n3)NC(=O)CO4)CC2)c2cc(F)ccc12. The van der Waals surface area contributed by atoms with Gasteiger partial charge in [-0.2, -0.15) is 5.26 Å². The Morgan fingerprint density at radius 3 is 2.68 bits per heavy atom. The van der Waals surface area contributed by atoms with Crippen molar-refractivity contribution in [3.8, 4) is 11.8 Å². The molecule has 1 amide bonds. The molecule has 2 aromatic heterocycles. The number of benzene rings is 1. The summed E-state index contributed by atoms with van der Waals surface area (Å²) >= 11 is 0. The van der Waals surface area contributed by atoms with Crippen LogP contribution in [0.3, 0.4) is 0 Å². The highest BCUT2D eigenvalue weighted by atomic mass is 35.5. The number of piperidine rings is 1. The van der Waals surface area contributed by atoms with E-state index in [1.807, 2.05) is 18.2 Å². The number of nitriles is 1. The topological polar surface area (TPSA) is 112 Å². The van der Waals surface area contributed by atoms with Crippen molar-refractivity contribution < 1.29 is 13.9 Å². The Labute approximate surface area is 225 Å². The molecule has 1 saturated heterocycles. The Morgan fingerprint density at radius 2 is 1.92 bits per heavy atom. The maximum absolute atomic E-state index is 13.9.